The van der Waals surface area contributed by atoms with Gasteiger partial charge in [0.2, 0.25) is 0 Å². The van der Waals surface area contributed by atoms with Crippen LogP contribution in [0.2, 0.25) is 0 Å². The van der Waals surface area contributed by atoms with Gasteiger partial charge in [-0.1, -0.05) is 24.3 Å². The van der Waals surface area contributed by atoms with Crippen LogP contribution in [0.15, 0.2) is 41.3 Å². The van der Waals surface area contributed by atoms with Crippen molar-refractivity contribution in [2.75, 3.05) is 46.9 Å². The number of amides is 1. The number of carbonyl (C=O) groups is 1. The predicted octanol–water partition coefficient (Wildman–Crippen LogP) is 1.60. The molecular formula is C20H27N3O5S. The molecule has 2 atom stereocenters. The normalized spacial score (nSPS) is 21.0. The van der Waals surface area contributed by atoms with Gasteiger partial charge in [0.05, 0.1) is 19.1 Å². The second-order valence-electron chi connectivity index (χ2n) is 6.90. The molecule has 2 aliphatic rings. The van der Waals surface area contributed by atoms with Crippen LogP contribution in [0.4, 0.5) is 0 Å². The molecule has 1 aliphatic heterocycles. The van der Waals surface area contributed by atoms with Gasteiger partial charge in [-0.05, 0) is 24.5 Å². The summed E-state index contributed by atoms with van der Waals surface area (Å²) in [6.07, 6.45) is 9.62. The third kappa shape index (κ3) is 4.87. The van der Waals surface area contributed by atoms with Gasteiger partial charge in [-0.25, -0.2) is 14.0 Å². The lowest BCUT2D eigenvalue weighted by Crippen LogP contribution is -2.48. The number of hydroxylamine groups is 1. The van der Waals surface area contributed by atoms with E-state index in [0.29, 0.717) is 24.8 Å². The zero-order chi connectivity index (χ0) is 20.8. The molecule has 2 unspecified atom stereocenters. The van der Waals surface area contributed by atoms with Crippen LogP contribution in [0.25, 0.3) is 0 Å². The number of nitrogens with one attached hydrogen (secondary N) is 1. The van der Waals surface area contributed by atoms with E-state index in [1.165, 1.54) is 14.2 Å². The van der Waals surface area contributed by atoms with E-state index in [2.05, 4.69) is 29.2 Å². The van der Waals surface area contributed by atoms with Crippen molar-refractivity contribution in [2.45, 2.75) is 11.3 Å². The molecule has 1 saturated heterocycles. The number of hydrogen-bond donors (Lipinski definition) is 2. The molecule has 1 heterocycles. The summed E-state index contributed by atoms with van der Waals surface area (Å²) in [5.41, 5.74) is 1.62. The Morgan fingerprint density at radius 3 is 2.55 bits per heavy atom. The van der Waals surface area contributed by atoms with Gasteiger partial charge >= 0.3 is 0 Å². The summed E-state index contributed by atoms with van der Waals surface area (Å²) in [5, 5.41) is 9.15. The lowest BCUT2D eigenvalue weighted by atomic mass is 10.00. The lowest BCUT2D eigenvalue weighted by molar-refractivity contribution is 0.0698. The molecule has 0 radical (unpaired) electrons. The summed E-state index contributed by atoms with van der Waals surface area (Å²) < 4.78 is 25.6. The molecule has 9 heteroatoms. The van der Waals surface area contributed by atoms with Gasteiger partial charge in [0, 0.05) is 32.7 Å². The van der Waals surface area contributed by atoms with E-state index in [1.807, 2.05) is 4.31 Å². The van der Waals surface area contributed by atoms with Crippen molar-refractivity contribution in [3.8, 4) is 11.5 Å². The first kappa shape index (κ1) is 21.5. The molecule has 1 amide bonds. The SMILES string of the molecule is COc1ccc(S(=O)N2CCN(CC3C=CC=CC3)CC2)c(C(=O)NO)c1OC. The number of methoxy groups -OCH3 is 2. The van der Waals surface area contributed by atoms with E-state index in [-0.39, 0.29) is 16.2 Å². The van der Waals surface area contributed by atoms with E-state index in [9.17, 15) is 9.00 Å². The molecule has 0 bridgehead atoms. The van der Waals surface area contributed by atoms with Gasteiger partial charge in [-0.2, -0.15) is 0 Å². The number of ether oxygens (including phenoxy) is 2. The van der Waals surface area contributed by atoms with Crippen LogP contribution in [-0.2, 0) is 11.0 Å². The number of hydrogen-bond acceptors (Lipinski definition) is 6. The first-order chi connectivity index (χ1) is 14.1. The molecule has 3 rings (SSSR count). The molecule has 1 aliphatic carbocycles. The van der Waals surface area contributed by atoms with Gasteiger partial charge in [-0.15, -0.1) is 0 Å². The van der Waals surface area contributed by atoms with Crippen molar-refractivity contribution in [2.24, 2.45) is 5.92 Å². The molecule has 0 spiro atoms. The molecule has 8 nitrogen and oxygen atoms in total. The molecule has 1 fully saturated rings. The average molecular weight is 422 g/mol. The Morgan fingerprint density at radius 1 is 1.21 bits per heavy atom. The standard InChI is InChI=1S/C20H27N3O5S/c1-27-16-8-9-17(18(19(16)28-2)20(24)21-25)29(26)23-12-10-22(11-13-23)14-15-6-4-3-5-7-15/h3-6,8-9,15,25H,7,10-14H2,1-2H3,(H,21,24). The largest absolute Gasteiger partial charge is 0.493 e. The number of piperazine rings is 1. The number of carbonyl (C=O) groups excluding carboxylic acids is 1. The quantitative estimate of drug-likeness (QED) is 0.513. The fourth-order valence-corrected chi connectivity index (χ4v) is 4.96. The maximum Gasteiger partial charge on any atom is 0.279 e. The number of allylic oxidation sites excluding steroid dienone is 3. The van der Waals surface area contributed by atoms with Gasteiger partial charge in [0.1, 0.15) is 16.5 Å². The van der Waals surface area contributed by atoms with Crippen molar-refractivity contribution in [1.29, 1.82) is 0 Å². The van der Waals surface area contributed by atoms with Crippen molar-refractivity contribution < 1.29 is 23.7 Å². The van der Waals surface area contributed by atoms with Crippen LogP contribution < -0.4 is 15.0 Å². The molecular weight excluding hydrogens is 394 g/mol. The van der Waals surface area contributed by atoms with Gasteiger partial charge in [-0.3, -0.25) is 10.0 Å². The third-order valence-corrected chi connectivity index (χ3v) is 6.70. The molecule has 0 aromatic heterocycles. The molecule has 1 aromatic carbocycles. The average Bonchev–Trinajstić information content (AvgIpc) is 2.78. The first-order valence-corrected chi connectivity index (χ1v) is 10.6. The molecule has 1 aromatic rings. The molecule has 2 N–H and O–H groups in total. The Morgan fingerprint density at radius 2 is 1.97 bits per heavy atom. The first-order valence-electron chi connectivity index (χ1n) is 9.51. The molecule has 29 heavy (non-hydrogen) atoms. The van der Waals surface area contributed by atoms with Crippen LogP contribution in [0.3, 0.4) is 0 Å². The number of rotatable bonds is 7. The van der Waals surface area contributed by atoms with Gasteiger partial charge in [0.25, 0.3) is 5.91 Å². The van der Waals surface area contributed by atoms with Crippen molar-refractivity contribution in [3.63, 3.8) is 0 Å². The summed E-state index contributed by atoms with van der Waals surface area (Å²) in [6, 6.07) is 3.19. The van der Waals surface area contributed by atoms with E-state index in [1.54, 1.807) is 17.6 Å². The lowest BCUT2D eigenvalue weighted by Gasteiger charge is -2.35. The summed E-state index contributed by atoms with van der Waals surface area (Å²) in [5.74, 6) is 0.189. The maximum absolute atomic E-state index is 13.2. The van der Waals surface area contributed by atoms with E-state index in [0.717, 1.165) is 26.1 Å². The van der Waals surface area contributed by atoms with Crippen LogP contribution in [0.5, 0.6) is 11.5 Å². The van der Waals surface area contributed by atoms with Gasteiger partial charge in [0.15, 0.2) is 11.5 Å². The fraction of sp³-hybridized carbons (Fsp3) is 0.450. The zero-order valence-corrected chi connectivity index (χ0v) is 17.5. The predicted molar refractivity (Wildman–Crippen MR) is 110 cm³/mol. The van der Waals surface area contributed by atoms with E-state index in [4.69, 9.17) is 14.7 Å². The number of nitrogens with zero attached hydrogens (tertiary/aromatic N) is 2. The highest BCUT2D eigenvalue weighted by Gasteiger charge is 2.29. The highest BCUT2D eigenvalue weighted by molar-refractivity contribution is 7.82. The maximum atomic E-state index is 13.2. The molecule has 158 valence electrons. The minimum atomic E-state index is -1.57. The zero-order valence-electron chi connectivity index (χ0n) is 16.7. The van der Waals surface area contributed by atoms with E-state index < -0.39 is 16.9 Å². The summed E-state index contributed by atoms with van der Waals surface area (Å²) in [7, 11) is 1.27. The Balaban J connectivity index is 1.73. The van der Waals surface area contributed by atoms with Crippen LogP contribution in [0, 0.1) is 5.92 Å². The summed E-state index contributed by atoms with van der Waals surface area (Å²) in [4.78, 5) is 14.9. The van der Waals surface area contributed by atoms with Gasteiger partial charge < -0.3 is 14.4 Å². The topological polar surface area (TPSA) is 91.3 Å². The third-order valence-electron chi connectivity index (χ3n) is 5.15. The summed E-state index contributed by atoms with van der Waals surface area (Å²) in [6.45, 7) is 3.82. The summed E-state index contributed by atoms with van der Waals surface area (Å²) >= 11 is 0. The van der Waals surface area contributed by atoms with Crippen molar-refractivity contribution in [3.05, 3.63) is 42.0 Å². The Labute approximate surface area is 173 Å². The monoisotopic (exact) mass is 421 g/mol. The minimum absolute atomic E-state index is 0.00856. The van der Waals surface area contributed by atoms with Crippen LogP contribution in [-0.4, -0.2) is 71.5 Å². The van der Waals surface area contributed by atoms with Crippen molar-refractivity contribution in [1.82, 2.24) is 14.7 Å². The van der Waals surface area contributed by atoms with Crippen LogP contribution in [0.1, 0.15) is 16.8 Å². The van der Waals surface area contributed by atoms with Crippen molar-refractivity contribution >= 4 is 16.9 Å². The fourth-order valence-electron chi connectivity index (χ4n) is 3.64. The highest BCUT2D eigenvalue weighted by Crippen LogP contribution is 2.35. The minimum Gasteiger partial charge on any atom is -0.493 e. The Kier molecular flexibility index (Phi) is 7.43. The smallest absolute Gasteiger partial charge is 0.279 e. The number of benzene rings is 1. The second kappa shape index (κ2) is 10.0. The molecule has 0 saturated carbocycles. The Hall–Kier alpha value is -2.20. The van der Waals surface area contributed by atoms with Crippen LogP contribution >= 0.6 is 0 Å². The second-order valence-corrected chi connectivity index (χ2v) is 8.36. The Bertz CT molecular complexity index is 819. The van der Waals surface area contributed by atoms with E-state index >= 15 is 0 Å². The highest BCUT2D eigenvalue weighted by atomic mass is 32.2.